The van der Waals surface area contributed by atoms with Gasteiger partial charge in [0.05, 0.1) is 19.7 Å². The lowest BCUT2D eigenvalue weighted by molar-refractivity contribution is -0.170. The molecule has 0 saturated carbocycles. The Labute approximate surface area is 196 Å². The molecule has 2 aliphatic heterocycles. The highest BCUT2D eigenvalue weighted by atomic mass is 16.5. The van der Waals surface area contributed by atoms with Crippen LogP contribution < -0.4 is 4.74 Å². The maximum atomic E-state index is 13.8. The minimum absolute atomic E-state index is 0.0378. The molecule has 4 rings (SSSR count). The molecule has 176 valence electrons. The largest absolute Gasteiger partial charge is 0.491 e. The third kappa shape index (κ3) is 5.22. The van der Waals surface area contributed by atoms with Crippen molar-refractivity contribution in [3.63, 3.8) is 0 Å². The number of para-hydroxylation sites is 1. The fourth-order valence-electron chi connectivity index (χ4n) is 4.84. The predicted molar refractivity (Wildman–Crippen MR) is 128 cm³/mol. The van der Waals surface area contributed by atoms with Crippen LogP contribution in [-0.4, -0.2) is 66.6 Å². The molecule has 2 aliphatic rings. The second-order valence-electron chi connectivity index (χ2n) is 8.99. The maximum Gasteiger partial charge on any atom is 0.256 e. The van der Waals surface area contributed by atoms with E-state index in [1.165, 1.54) is 5.56 Å². The zero-order valence-electron chi connectivity index (χ0n) is 19.7. The van der Waals surface area contributed by atoms with Gasteiger partial charge in [0.15, 0.2) is 5.60 Å². The number of aryl methyl sites for hydroxylation is 2. The van der Waals surface area contributed by atoms with Gasteiger partial charge in [0.1, 0.15) is 12.4 Å². The van der Waals surface area contributed by atoms with E-state index in [2.05, 4.69) is 6.07 Å². The van der Waals surface area contributed by atoms with E-state index >= 15 is 0 Å². The molecule has 2 aromatic rings. The van der Waals surface area contributed by atoms with Crippen molar-refractivity contribution in [2.75, 3.05) is 39.4 Å². The number of ether oxygens (including phenoxy) is 2. The molecule has 0 radical (unpaired) electrons. The normalized spacial score (nSPS) is 22.2. The summed E-state index contributed by atoms with van der Waals surface area (Å²) in [6, 6.07) is 15.8. The van der Waals surface area contributed by atoms with Crippen molar-refractivity contribution in [2.24, 2.45) is 0 Å². The smallest absolute Gasteiger partial charge is 0.256 e. The van der Waals surface area contributed by atoms with Crippen LogP contribution in [0.15, 0.2) is 48.5 Å². The van der Waals surface area contributed by atoms with Crippen LogP contribution in [0.2, 0.25) is 0 Å². The summed E-state index contributed by atoms with van der Waals surface area (Å²) in [5.41, 5.74) is 1.89. The fraction of sp³-hybridized carbons (Fsp3) is 0.481. The molecule has 6 heteroatoms. The Balaban J connectivity index is 1.57. The highest BCUT2D eigenvalue weighted by Crippen LogP contribution is 2.30. The zero-order chi connectivity index (χ0) is 23.3. The Morgan fingerprint density at radius 1 is 1.06 bits per heavy atom. The van der Waals surface area contributed by atoms with Gasteiger partial charge in [-0.25, -0.2) is 0 Å². The van der Waals surface area contributed by atoms with E-state index < -0.39 is 5.60 Å². The second-order valence-corrected chi connectivity index (χ2v) is 8.99. The lowest BCUT2D eigenvalue weighted by atomic mass is 9.90. The Morgan fingerprint density at radius 3 is 2.73 bits per heavy atom. The van der Waals surface area contributed by atoms with Crippen LogP contribution in [-0.2, 0) is 16.0 Å². The van der Waals surface area contributed by atoms with Gasteiger partial charge < -0.3 is 19.3 Å². The number of morpholine rings is 1. The topological polar surface area (TPSA) is 59.1 Å². The van der Waals surface area contributed by atoms with E-state index in [1.54, 1.807) is 4.90 Å². The number of rotatable bonds is 2. The van der Waals surface area contributed by atoms with Crippen LogP contribution >= 0.6 is 0 Å². The van der Waals surface area contributed by atoms with Crippen molar-refractivity contribution in [1.82, 2.24) is 9.80 Å². The summed E-state index contributed by atoms with van der Waals surface area (Å²) < 4.78 is 12.3. The summed E-state index contributed by atoms with van der Waals surface area (Å²) in [6.45, 7) is 6.58. The molecule has 2 aromatic carbocycles. The summed E-state index contributed by atoms with van der Waals surface area (Å²) in [5, 5.41) is 0. The monoisotopic (exact) mass is 450 g/mol. The van der Waals surface area contributed by atoms with E-state index in [0.29, 0.717) is 44.8 Å². The number of benzene rings is 2. The number of likely N-dealkylation sites (N-methyl/N-ethyl adjacent to an activating group) is 1. The number of hydrogen-bond acceptors (Lipinski definition) is 4. The number of hydrogen-bond donors (Lipinski definition) is 0. The van der Waals surface area contributed by atoms with E-state index in [4.69, 9.17) is 9.47 Å². The molecule has 6 nitrogen and oxygen atoms in total. The van der Waals surface area contributed by atoms with Gasteiger partial charge in [0, 0.05) is 18.7 Å². The summed E-state index contributed by atoms with van der Waals surface area (Å²) in [7, 11) is 0. The first-order valence-corrected chi connectivity index (χ1v) is 12.0. The Morgan fingerprint density at radius 2 is 1.91 bits per heavy atom. The van der Waals surface area contributed by atoms with Crippen LogP contribution in [0.3, 0.4) is 0 Å². The number of amides is 2. The average Bonchev–Trinajstić information content (AvgIpc) is 2.84. The van der Waals surface area contributed by atoms with E-state index in [1.807, 2.05) is 61.2 Å². The third-order valence-corrected chi connectivity index (χ3v) is 6.66. The maximum absolute atomic E-state index is 13.8. The lowest BCUT2D eigenvalue weighted by Crippen LogP contribution is -2.62. The fourth-order valence-corrected chi connectivity index (χ4v) is 4.84. The molecular formula is C27H34N2O4. The molecule has 0 N–H and O–H groups in total. The quantitative estimate of drug-likeness (QED) is 0.697. The van der Waals surface area contributed by atoms with Crippen LogP contribution in [0, 0.1) is 6.92 Å². The first kappa shape index (κ1) is 23.3. The van der Waals surface area contributed by atoms with Crippen molar-refractivity contribution in [2.45, 2.75) is 45.1 Å². The Hall–Kier alpha value is -2.86. The third-order valence-electron chi connectivity index (χ3n) is 6.66. The van der Waals surface area contributed by atoms with E-state index in [0.717, 1.165) is 30.6 Å². The molecule has 1 unspecified atom stereocenters. The van der Waals surface area contributed by atoms with Gasteiger partial charge in [0.25, 0.3) is 11.8 Å². The van der Waals surface area contributed by atoms with Crippen molar-refractivity contribution in [1.29, 1.82) is 0 Å². The minimum Gasteiger partial charge on any atom is -0.491 e. The molecule has 1 saturated heterocycles. The first-order valence-electron chi connectivity index (χ1n) is 12.0. The molecule has 33 heavy (non-hydrogen) atoms. The summed E-state index contributed by atoms with van der Waals surface area (Å²) >= 11 is 0. The van der Waals surface area contributed by atoms with Gasteiger partial charge in [-0.2, -0.15) is 0 Å². The van der Waals surface area contributed by atoms with Gasteiger partial charge >= 0.3 is 0 Å². The van der Waals surface area contributed by atoms with Crippen LogP contribution in [0.25, 0.3) is 0 Å². The number of carbonyl (C=O) groups is 2. The molecule has 0 bridgehead atoms. The molecule has 1 atom stereocenters. The number of carbonyl (C=O) groups excluding carboxylic acids is 2. The standard InChI is InChI=1S/C27H34N2O4/c1-3-28-15-17-32-24-13-5-4-10-22(24)11-6-7-14-27(26(28)31)20-29(16-18-33-27)25(30)23-12-8-9-21(2)19-23/h4-5,8-10,12-13,19H,3,6-7,11,14-18,20H2,1-2H3. The van der Waals surface area contributed by atoms with Gasteiger partial charge in [-0.1, -0.05) is 35.9 Å². The van der Waals surface area contributed by atoms with Gasteiger partial charge in [-0.3, -0.25) is 9.59 Å². The average molecular weight is 451 g/mol. The number of fused-ring (bicyclic) bond motifs is 1. The van der Waals surface area contributed by atoms with Crippen molar-refractivity contribution < 1.29 is 19.1 Å². The molecule has 0 aromatic heterocycles. The van der Waals surface area contributed by atoms with Crippen LogP contribution in [0.4, 0.5) is 0 Å². The molecular weight excluding hydrogens is 416 g/mol. The van der Waals surface area contributed by atoms with Crippen molar-refractivity contribution in [3.05, 3.63) is 65.2 Å². The SMILES string of the molecule is CCN1CCOc2ccccc2CCCCC2(CN(C(=O)c3cccc(C)c3)CCO2)C1=O. The predicted octanol–water partition coefficient (Wildman–Crippen LogP) is 3.86. The van der Waals surface area contributed by atoms with E-state index in [9.17, 15) is 9.59 Å². The summed E-state index contributed by atoms with van der Waals surface area (Å²) in [6.07, 6.45) is 3.26. The second kappa shape index (κ2) is 10.4. The molecule has 0 aliphatic carbocycles. The van der Waals surface area contributed by atoms with Crippen LogP contribution in [0.5, 0.6) is 5.75 Å². The minimum atomic E-state index is -1.01. The van der Waals surface area contributed by atoms with Gasteiger partial charge in [-0.15, -0.1) is 0 Å². The first-order chi connectivity index (χ1) is 16.0. The van der Waals surface area contributed by atoms with Crippen molar-refractivity contribution in [3.8, 4) is 5.75 Å². The molecule has 1 fully saturated rings. The van der Waals surface area contributed by atoms with Crippen LogP contribution in [0.1, 0.15) is 47.7 Å². The zero-order valence-corrected chi connectivity index (χ0v) is 19.7. The summed E-state index contributed by atoms with van der Waals surface area (Å²) in [4.78, 5) is 30.7. The molecule has 1 spiro atoms. The van der Waals surface area contributed by atoms with E-state index in [-0.39, 0.29) is 18.4 Å². The Kier molecular flexibility index (Phi) is 7.33. The van der Waals surface area contributed by atoms with Crippen molar-refractivity contribution >= 4 is 11.8 Å². The molecule has 2 amide bonds. The van der Waals surface area contributed by atoms with Gasteiger partial charge in [0.2, 0.25) is 0 Å². The lowest BCUT2D eigenvalue weighted by Gasteiger charge is -2.44. The molecule has 2 heterocycles. The Bertz CT molecular complexity index is 992. The van der Waals surface area contributed by atoms with Gasteiger partial charge in [-0.05, 0) is 63.3 Å². The highest BCUT2D eigenvalue weighted by molar-refractivity contribution is 5.95. The highest BCUT2D eigenvalue weighted by Gasteiger charge is 2.46. The summed E-state index contributed by atoms with van der Waals surface area (Å²) in [5.74, 6) is 0.824. The number of nitrogens with zero attached hydrogens (tertiary/aromatic N) is 2.